The molecule has 3 aromatic rings. The molecule has 2 N–H and O–H groups in total. The number of methoxy groups -OCH3 is 1. The Labute approximate surface area is 164 Å². The summed E-state index contributed by atoms with van der Waals surface area (Å²) < 4.78 is 11.1. The van der Waals surface area contributed by atoms with Crippen molar-refractivity contribution in [1.82, 2.24) is 10.2 Å². The van der Waals surface area contributed by atoms with E-state index in [-0.39, 0.29) is 6.04 Å². The van der Waals surface area contributed by atoms with Crippen molar-refractivity contribution in [3.05, 3.63) is 54.4 Å². The van der Waals surface area contributed by atoms with Gasteiger partial charge in [-0.2, -0.15) is 0 Å². The lowest BCUT2D eigenvalue weighted by Gasteiger charge is -2.35. The quantitative estimate of drug-likeness (QED) is 0.703. The van der Waals surface area contributed by atoms with E-state index in [1.807, 2.05) is 42.5 Å². The monoisotopic (exact) mass is 381 g/mol. The Morgan fingerprint density at radius 2 is 1.79 bits per heavy atom. The summed E-state index contributed by atoms with van der Waals surface area (Å²) in [6.07, 6.45) is 0. The second kappa shape index (κ2) is 7.90. The summed E-state index contributed by atoms with van der Waals surface area (Å²) >= 11 is 0. The fourth-order valence-electron chi connectivity index (χ4n) is 3.63. The van der Waals surface area contributed by atoms with E-state index in [4.69, 9.17) is 9.15 Å². The molecule has 2 heterocycles. The van der Waals surface area contributed by atoms with E-state index in [2.05, 4.69) is 22.0 Å². The minimum Gasteiger partial charge on any atom is -0.506 e. The second-order valence-corrected chi connectivity index (χ2v) is 7.03. The van der Waals surface area contributed by atoms with Gasteiger partial charge in [0.15, 0.2) is 6.04 Å². The highest BCUT2D eigenvalue weighted by molar-refractivity contribution is 5.57. The number of aromatic hydroxyl groups is 1. The highest BCUT2D eigenvalue weighted by Crippen LogP contribution is 2.26. The number of aromatic nitrogens is 2. The summed E-state index contributed by atoms with van der Waals surface area (Å²) in [5.41, 5.74) is 1.78. The van der Waals surface area contributed by atoms with Crippen LogP contribution in [-0.2, 0) is 0 Å². The van der Waals surface area contributed by atoms with Gasteiger partial charge in [0.05, 0.1) is 39.0 Å². The SMILES string of the molecule is COc1ccc(-c2nnc([C@H](C)[NH+]3CCN(c4ccccc4O)CC3)o2)cc1. The lowest BCUT2D eigenvalue weighted by atomic mass is 10.2. The second-order valence-electron chi connectivity index (χ2n) is 7.03. The standard InChI is InChI=1S/C21H24N4O3/c1-15(20-22-23-21(28-20)16-7-9-17(27-2)10-8-16)24-11-13-25(14-12-24)18-5-3-4-6-19(18)26/h3-10,15,26H,11-14H2,1-2H3/p+1/t15-/m0/s1. The van der Waals surface area contributed by atoms with E-state index in [1.54, 1.807) is 13.2 Å². The molecule has 0 unspecified atom stereocenters. The number of para-hydroxylation sites is 2. The van der Waals surface area contributed by atoms with E-state index in [0.717, 1.165) is 43.2 Å². The number of quaternary nitrogens is 1. The molecule has 4 rings (SSSR count). The van der Waals surface area contributed by atoms with Crippen LogP contribution in [0.3, 0.4) is 0 Å². The summed E-state index contributed by atoms with van der Waals surface area (Å²) in [7, 11) is 1.64. The normalized spacial score (nSPS) is 16.1. The Balaban J connectivity index is 1.41. The smallest absolute Gasteiger partial charge is 0.274 e. The van der Waals surface area contributed by atoms with Crippen LogP contribution in [-0.4, -0.2) is 48.6 Å². The molecule has 1 aliphatic heterocycles. The van der Waals surface area contributed by atoms with Crippen LogP contribution in [0.1, 0.15) is 18.9 Å². The molecule has 0 saturated carbocycles. The summed E-state index contributed by atoms with van der Waals surface area (Å²) in [5, 5.41) is 18.6. The number of nitrogens with zero attached hydrogens (tertiary/aromatic N) is 3. The summed E-state index contributed by atoms with van der Waals surface area (Å²) in [6, 6.07) is 15.2. The van der Waals surface area contributed by atoms with E-state index in [1.165, 1.54) is 4.90 Å². The first-order valence-electron chi connectivity index (χ1n) is 9.51. The van der Waals surface area contributed by atoms with E-state index in [9.17, 15) is 5.11 Å². The number of rotatable bonds is 5. The Morgan fingerprint density at radius 1 is 1.07 bits per heavy atom. The molecule has 28 heavy (non-hydrogen) atoms. The number of piperazine rings is 1. The first-order valence-corrected chi connectivity index (χ1v) is 9.51. The van der Waals surface area contributed by atoms with Crippen molar-refractivity contribution in [3.8, 4) is 23.0 Å². The molecule has 2 aromatic carbocycles. The number of phenols is 1. The van der Waals surface area contributed by atoms with Crippen LogP contribution in [0.4, 0.5) is 5.69 Å². The third kappa shape index (κ3) is 3.66. The molecule has 0 amide bonds. The fourth-order valence-corrected chi connectivity index (χ4v) is 3.63. The van der Waals surface area contributed by atoms with Crippen LogP contribution in [0.25, 0.3) is 11.5 Å². The molecule has 0 aliphatic carbocycles. The number of hydrogen-bond acceptors (Lipinski definition) is 6. The first-order chi connectivity index (χ1) is 13.7. The Hall–Kier alpha value is -3.06. The largest absolute Gasteiger partial charge is 0.506 e. The third-order valence-corrected chi connectivity index (χ3v) is 5.39. The predicted molar refractivity (Wildman–Crippen MR) is 106 cm³/mol. The maximum Gasteiger partial charge on any atom is 0.274 e. The van der Waals surface area contributed by atoms with Crippen molar-refractivity contribution in [1.29, 1.82) is 0 Å². The minimum atomic E-state index is 0.117. The van der Waals surface area contributed by atoms with Crippen molar-refractivity contribution < 1.29 is 19.2 Å². The van der Waals surface area contributed by atoms with E-state index in [0.29, 0.717) is 17.5 Å². The van der Waals surface area contributed by atoms with Gasteiger partial charge in [-0.1, -0.05) is 12.1 Å². The molecular formula is C21H25N4O3+. The van der Waals surface area contributed by atoms with Crippen LogP contribution in [0.15, 0.2) is 52.9 Å². The van der Waals surface area contributed by atoms with Crippen molar-refractivity contribution >= 4 is 5.69 Å². The molecule has 7 nitrogen and oxygen atoms in total. The van der Waals surface area contributed by atoms with Crippen LogP contribution in [0.5, 0.6) is 11.5 Å². The Kier molecular flexibility index (Phi) is 5.16. The maximum absolute atomic E-state index is 10.1. The van der Waals surface area contributed by atoms with Crippen LogP contribution < -0.4 is 14.5 Å². The minimum absolute atomic E-state index is 0.117. The van der Waals surface area contributed by atoms with Crippen molar-refractivity contribution in [2.75, 3.05) is 38.2 Å². The molecular weight excluding hydrogens is 356 g/mol. The average molecular weight is 381 g/mol. The zero-order valence-electron chi connectivity index (χ0n) is 16.1. The Morgan fingerprint density at radius 3 is 2.46 bits per heavy atom. The van der Waals surface area contributed by atoms with E-state index >= 15 is 0 Å². The molecule has 1 aromatic heterocycles. The van der Waals surface area contributed by atoms with Gasteiger partial charge in [0.25, 0.3) is 5.89 Å². The van der Waals surface area contributed by atoms with Crippen molar-refractivity contribution in [3.63, 3.8) is 0 Å². The molecule has 0 bridgehead atoms. The third-order valence-electron chi connectivity index (χ3n) is 5.39. The van der Waals surface area contributed by atoms with Gasteiger partial charge in [-0.3, -0.25) is 0 Å². The van der Waals surface area contributed by atoms with Gasteiger partial charge in [0.1, 0.15) is 11.5 Å². The number of nitrogens with one attached hydrogen (secondary N) is 1. The zero-order valence-corrected chi connectivity index (χ0v) is 16.1. The van der Waals surface area contributed by atoms with Crippen LogP contribution in [0, 0.1) is 0 Å². The topological polar surface area (TPSA) is 76.1 Å². The molecule has 7 heteroatoms. The van der Waals surface area contributed by atoms with Gasteiger partial charge in [-0.15, -0.1) is 10.2 Å². The predicted octanol–water partition coefficient (Wildman–Crippen LogP) is 1.92. The number of benzene rings is 2. The molecule has 0 spiro atoms. The Bertz CT molecular complexity index is 917. The number of ether oxygens (including phenoxy) is 1. The summed E-state index contributed by atoms with van der Waals surface area (Å²) in [5.74, 6) is 2.30. The number of phenolic OH excluding ortho intramolecular Hbond substituents is 1. The highest BCUT2D eigenvalue weighted by Gasteiger charge is 2.30. The lowest BCUT2D eigenvalue weighted by Crippen LogP contribution is -3.14. The zero-order chi connectivity index (χ0) is 19.5. The van der Waals surface area contributed by atoms with Gasteiger partial charge in [-0.25, -0.2) is 0 Å². The van der Waals surface area contributed by atoms with Gasteiger partial charge < -0.3 is 24.1 Å². The highest BCUT2D eigenvalue weighted by atomic mass is 16.5. The van der Waals surface area contributed by atoms with Gasteiger partial charge in [0, 0.05) is 5.56 Å². The molecule has 0 radical (unpaired) electrons. The van der Waals surface area contributed by atoms with Gasteiger partial charge in [0.2, 0.25) is 5.89 Å². The number of hydrogen-bond donors (Lipinski definition) is 2. The summed E-state index contributed by atoms with van der Waals surface area (Å²) in [6.45, 7) is 5.75. The number of anilines is 1. The lowest BCUT2D eigenvalue weighted by molar-refractivity contribution is -0.931. The van der Waals surface area contributed by atoms with Crippen LogP contribution in [0.2, 0.25) is 0 Å². The van der Waals surface area contributed by atoms with Crippen molar-refractivity contribution in [2.24, 2.45) is 0 Å². The fraction of sp³-hybridized carbons (Fsp3) is 0.333. The van der Waals surface area contributed by atoms with E-state index < -0.39 is 0 Å². The van der Waals surface area contributed by atoms with Crippen molar-refractivity contribution in [2.45, 2.75) is 13.0 Å². The van der Waals surface area contributed by atoms with Gasteiger partial charge >= 0.3 is 0 Å². The maximum atomic E-state index is 10.1. The first kappa shape index (κ1) is 18.3. The summed E-state index contributed by atoms with van der Waals surface area (Å²) in [4.78, 5) is 3.62. The average Bonchev–Trinajstić information content (AvgIpc) is 3.24. The molecule has 1 saturated heterocycles. The molecule has 1 aliphatic rings. The van der Waals surface area contributed by atoms with Gasteiger partial charge in [-0.05, 0) is 43.3 Å². The van der Waals surface area contributed by atoms with Crippen LogP contribution >= 0.6 is 0 Å². The molecule has 1 atom stereocenters. The molecule has 146 valence electrons. The molecule has 1 fully saturated rings.